The normalized spacial score (nSPS) is 19.6. The van der Waals surface area contributed by atoms with Crippen LogP contribution in [-0.4, -0.2) is 34.9 Å². The minimum absolute atomic E-state index is 0.295. The number of hydrogen-bond acceptors (Lipinski definition) is 4. The van der Waals surface area contributed by atoms with E-state index in [1.807, 2.05) is 16.6 Å². The van der Waals surface area contributed by atoms with Gasteiger partial charge in [-0.15, -0.1) is 11.3 Å². The fourth-order valence-corrected chi connectivity index (χ4v) is 2.87. The second-order valence-electron chi connectivity index (χ2n) is 4.64. The molecule has 0 aromatic carbocycles. The quantitative estimate of drug-likeness (QED) is 0.870. The molecule has 2 unspecified atom stereocenters. The largest absolute Gasteiger partial charge is 0.341 e. The number of carbonyl (C=O) groups excluding carboxylic acids is 1. The fraction of sp³-hybridized carbons (Fsp3) is 0.667. The van der Waals surface area contributed by atoms with E-state index in [1.165, 1.54) is 4.88 Å². The van der Waals surface area contributed by atoms with Crippen molar-refractivity contribution in [2.75, 3.05) is 13.1 Å². The Morgan fingerprint density at radius 3 is 3.00 bits per heavy atom. The van der Waals surface area contributed by atoms with Crippen molar-refractivity contribution in [3.05, 3.63) is 16.6 Å². The van der Waals surface area contributed by atoms with Gasteiger partial charge in [0, 0.05) is 42.7 Å². The van der Waals surface area contributed by atoms with Crippen LogP contribution >= 0.6 is 11.3 Å². The number of hydrogen-bond donors (Lipinski definition) is 1. The lowest BCUT2D eigenvalue weighted by atomic mass is 10.2. The van der Waals surface area contributed by atoms with Gasteiger partial charge in [-0.3, -0.25) is 9.78 Å². The molecule has 17 heavy (non-hydrogen) atoms. The van der Waals surface area contributed by atoms with Gasteiger partial charge in [0.15, 0.2) is 0 Å². The van der Waals surface area contributed by atoms with Gasteiger partial charge in [-0.1, -0.05) is 0 Å². The van der Waals surface area contributed by atoms with Crippen LogP contribution < -0.4 is 5.32 Å². The third kappa shape index (κ3) is 3.26. The second kappa shape index (κ2) is 5.60. The van der Waals surface area contributed by atoms with E-state index in [0.717, 1.165) is 25.9 Å². The molecule has 1 saturated heterocycles. The molecule has 1 aromatic rings. The van der Waals surface area contributed by atoms with E-state index in [2.05, 4.69) is 24.1 Å². The van der Waals surface area contributed by atoms with Gasteiger partial charge in [-0.2, -0.15) is 0 Å². The van der Waals surface area contributed by atoms with E-state index in [0.29, 0.717) is 18.0 Å². The molecule has 0 bridgehead atoms. The van der Waals surface area contributed by atoms with E-state index < -0.39 is 0 Å². The number of thiazole rings is 1. The standard InChI is InChI=1S/C12H19N3OS/c1-9(7-15-5-3-4-12(15)16)14-10(2)11-6-13-8-17-11/h6,8-10,14H,3-5,7H2,1-2H3. The van der Waals surface area contributed by atoms with Crippen molar-refractivity contribution in [1.29, 1.82) is 0 Å². The number of nitrogens with zero attached hydrogens (tertiary/aromatic N) is 2. The van der Waals surface area contributed by atoms with Crippen molar-refractivity contribution >= 4 is 17.2 Å². The second-order valence-corrected chi connectivity index (χ2v) is 5.55. The Kier molecular flexibility index (Phi) is 4.12. The maximum atomic E-state index is 11.5. The Bertz CT molecular complexity index is 366. The van der Waals surface area contributed by atoms with Crippen LogP contribution in [0.3, 0.4) is 0 Å². The molecule has 0 aliphatic carbocycles. The number of aromatic nitrogens is 1. The smallest absolute Gasteiger partial charge is 0.222 e. The van der Waals surface area contributed by atoms with Crippen LogP contribution in [0.15, 0.2) is 11.7 Å². The van der Waals surface area contributed by atoms with Crippen molar-refractivity contribution in [2.24, 2.45) is 0 Å². The summed E-state index contributed by atoms with van der Waals surface area (Å²) in [4.78, 5) is 18.8. The first-order valence-electron chi connectivity index (χ1n) is 6.09. The topological polar surface area (TPSA) is 45.2 Å². The highest BCUT2D eigenvalue weighted by Gasteiger charge is 2.22. The molecule has 5 heteroatoms. The molecular weight excluding hydrogens is 234 g/mol. The lowest BCUT2D eigenvalue weighted by Gasteiger charge is -2.24. The van der Waals surface area contributed by atoms with Crippen molar-refractivity contribution in [2.45, 2.75) is 38.8 Å². The van der Waals surface area contributed by atoms with Crippen LogP contribution in [-0.2, 0) is 4.79 Å². The third-order valence-corrected chi connectivity index (χ3v) is 4.04. The predicted octanol–water partition coefficient (Wildman–Crippen LogP) is 1.80. The molecule has 1 aliphatic rings. The summed E-state index contributed by atoms with van der Waals surface area (Å²) in [5.74, 6) is 0.295. The SMILES string of the molecule is CC(CN1CCCC1=O)NC(C)c1cncs1. The van der Waals surface area contributed by atoms with E-state index in [9.17, 15) is 4.79 Å². The van der Waals surface area contributed by atoms with Gasteiger partial charge < -0.3 is 10.2 Å². The monoisotopic (exact) mass is 253 g/mol. The molecule has 1 N–H and O–H groups in total. The minimum Gasteiger partial charge on any atom is -0.341 e. The summed E-state index contributed by atoms with van der Waals surface area (Å²) < 4.78 is 0. The number of amides is 1. The van der Waals surface area contributed by atoms with E-state index >= 15 is 0 Å². The van der Waals surface area contributed by atoms with E-state index in [1.54, 1.807) is 11.3 Å². The number of nitrogens with one attached hydrogen (secondary N) is 1. The lowest BCUT2D eigenvalue weighted by molar-refractivity contribution is -0.127. The zero-order valence-electron chi connectivity index (χ0n) is 10.3. The first-order valence-corrected chi connectivity index (χ1v) is 6.97. The molecule has 2 heterocycles. The number of carbonyl (C=O) groups is 1. The Labute approximate surface area is 106 Å². The molecule has 1 amide bonds. The van der Waals surface area contributed by atoms with Crippen LogP contribution in [0.2, 0.25) is 0 Å². The number of rotatable bonds is 5. The van der Waals surface area contributed by atoms with Gasteiger partial charge in [-0.25, -0.2) is 0 Å². The summed E-state index contributed by atoms with van der Waals surface area (Å²) in [5.41, 5.74) is 1.85. The molecule has 4 nitrogen and oxygen atoms in total. The molecule has 1 fully saturated rings. The highest BCUT2D eigenvalue weighted by molar-refractivity contribution is 7.09. The lowest BCUT2D eigenvalue weighted by Crippen LogP contribution is -2.40. The highest BCUT2D eigenvalue weighted by atomic mass is 32.1. The summed E-state index contributed by atoms with van der Waals surface area (Å²) in [6.45, 7) is 5.99. The molecule has 0 saturated carbocycles. The van der Waals surface area contributed by atoms with Crippen molar-refractivity contribution in [3.63, 3.8) is 0 Å². The Morgan fingerprint density at radius 1 is 1.59 bits per heavy atom. The molecule has 2 rings (SSSR count). The zero-order chi connectivity index (χ0) is 12.3. The van der Waals surface area contributed by atoms with Crippen LogP contribution in [0, 0.1) is 0 Å². The van der Waals surface area contributed by atoms with Crippen molar-refractivity contribution in [1.82, 2.24) is 15.2 Å². The summed E-state index contributed by atoms with van der Waals surface area (Å²) in [5, 5.41) is 3.51. The molecule has 94 valence electrons. The van der Waals surface area contributed by atoms with Gasteiger partial charge in [0.25, 0.3) is 0 Å². The fourth-order valence-electron chi connectivity index (χ4n) is 2.23. The van der Waals surface area contributed by atoms with Gasteiger partial charge in [-0.05, 0) is 20.3 Å². The van der Waals surface area contributed by atoms with E-state index in [4.69, 9.17) is 0 Å². The van der Waals surface area contributed by atoms with Crippen LogP contribution in [0.4, 0.5) is 0 Å². The average molecular weight is 253 g/mol. The molecule has 0 spiro atoms. The van der Waals surface area contributed by atoms with Gasteiger partial charge >= 0.3 is 0 Å². The minimum atomic E-state index is 0.295. The summed E-state index contributed by atoms with van der Waals surface area (Å²) in [7, 11) is 0. The van der Waals surface area contributed by atoms with Crippen LogP contribution in [0.25, 0.3) is 0 Å². The first kappa shape index (κ1) is 12.5. The molecule has 1 aromatic heterocycles. The first-order chi connectivity index (χ1) is 8.16. The molecule has 1 aliphatic heterocycles. The predicted molar refractivity (Wildman–Crippen MR) is 68.9 cm³/mol. The third-order valence-electron chi connectivity index (χ3n) is 3.08. The molecule has 0 radical (unpaired) electrons. The van der Waals surface area contributed by atoms with Gasteiger partial charge in [0.05, 0.1) is 5.51 Å². The molecular formula is C12H19N3OS. The summed E-state index contributed by atoms with van der Waals surface area (Å²) in [6, 6.07) is 0.615. The average Bonchev–Trinajstić information content (AvgIpc) is 2.90. The Hall–Kier alpha value is -0.940. The van der Waals surface area contributed by atoms with Gasteiger partial charge in [0.2, 0.25) is 5.91 Å². The molecule has 2 atom stereocenters. The Balaban J connectivity index is 1.80. The summed E-state index contributed by atoms with van der Waals surface area (Å²) in [6.07, 6.45) is 3.63. The zero-order valence-corrected chi connectivity index (χ0v) is 11.2. The van der Waals surface area contributed by atoms with Crippen LogP contribution in [0.5, 0.6) is 0 Å². The highest BCUT2D eigenvalue weighted by Crippen LogP contribution is 2.17. The number of likely N-dealkylation sites (tertiary alicyclic amines) is 1. The summed E-state index contributed by atoms with van der Waals surface area (Å²) >= 11 is 1.66. The van der Waals surface area contributed by atoms with Crippen LogP contribution in [0.1, 0.15) is 37.6 Å². The van der Waals surface area contributed by atoms with Crippen molar-refractivity contribution < 1.29 is 4.79 Å². The van der Waals surface area contributed by atoms with E-state index in [-0.39, 0.29) is 0 Å². The van der Waals surface area contributed by atoms with Gasteiger partial charge in [0.1, 0.15) is 0 Å². The Morgan fingerprint density at radius 2 is 2.41 bits per heavy atom. The maximum Gasteiger partial charge on any atom is 0.222 e. The maximum absolute atomic E-state index is 11.5. The van der Waals surface area contributed by atoms with Crippen molar-refractivity contribution in [3.8, 4) is 0 Å².